The largest absolute Gasteiger partial charge is 0.417 e. The summed E-state index contributed by atoms with van der Waals surface area (Å²) in [6, 6.07) is 17.2. The molecule has 5 rings (SSSR count). The second-order valence-electron chi connectivity index (χ2n) is 5.47. The molecule has 0 bridgehead atoms. The number of aromatic nitrogens is 7. The second-order valence-corrected chi connectivity index (χ2v) is 6.10. The molecule has 0 aliphatic heterocycles. The number of hydrogen-bond donors (Lipinski definition) is 0. The van der Waals surface area contributed by atoms with E-state index in [-0.39, 0.29) is 20.1 Å². The van der Waals surface area contributed by atoms with Gasteiger partial charge in [-0.1, -0.05) is 54.0 Å². The molecule has 0 saturated carbocycles. The maximum atomic E-state index is 4.37. The smallest absolute Gasteiger partial charge is 0.102 e. The van der Waals surface area contributed by atoms with Crippen LogP contribution in [0.15, 0.2) is 78.7 Å². The van der Waals surface area contributed by atoms with Crippen molar-refractivity contribution < 1.29 is 20.1 Å². The third-order valence-corrected chi connectivity index (χ3v) is 4.16. The summed E-state index contributed by atoms with van der Waals surface area (Å²) in [5.74, 6) is 1.19. The monoisotopic (exact) mass is 576 g/mol. The third-order valence-electron chi connectivity index (χ3n) is 3.62. The molecule has 0 unspecified atom stereocenters. The van der Waals surface area contributed by atoms with Crippen molar-refractivity contribution in [2.24, 2.45) is 0 Å². The van der Waals surface area contributed by atoms with Crippen LogP contribution in [-0.4, -0.2) is 29.4 Å². The molecule has 0 saturated heterocycles. The average molecular weight is 576 g/mol. The Morgan fingerprint density at radius 2 is 1.72 bits per heavy atom. The Bertz CT molecular complexity index is 1050. The fourth-order valence-electron chi connectivity index (χ4n) is 2.30. The minimum Gasteiger partial charge on any atom is -0.417 e. The van der Waals surface area contributed by atoms with E-state index in [1.165, 1.54) is 17.9 Å². The molecule has 29 heavy (non-hydrogen) atoms. The second kappa shape index (κ2) is 10.4. The van der Waals surface area contributed by atoms with Crippen LogP contribution in [0.25, 0.3) is 34.2 Å². The first-order valence-electron chi connectivity index (χ1n) is 8.33. The van der Waals surface area contributed by atoms with Crippen LogP contribution in [0.2, 0.25) is 0 Å². The van der Waals surface area contributed by atoms with Crippen molar-refractivity contribution in [1.29, 1.82) is 0 Å². The first-order chi connectivity index (χ1) is 13.9. The normalized spacial score (nSPS) is 9.79. The summed E-state index contributed by atoms with van der Waals surface area (Å²) in [6.07, 6.45) is 7.76. The quantitative estimate of drug-likeness (QED) is 0.304. The van der Waals surface area contributed by atoms with Crippen molar-refractivity contribution in [3.05, 3.63) is 84.9 Å². The zero-order valence-electron chi connectivity index (χ0n) is 14.9. The molecule has 0 fully saturated rings. The summed E-state index contributed by atoms with van der Waals surface area (Å²) in [5, 5.41) is 10.0. The van der Waals surface area contributed by atoms with Crippen LogP contribution >= 0.6 is 11.5 Å². The summed E-state index contributed by atoms with van der Waals surface area (Å²) in [4.78, 5) is 16.4. The molecule has 0 amide bonds. The minimum atomic E-state index is 0. The zero-order chi connectivity index (χ0) is 19.0. The van der Waals surface area contributed by atoms with Gasteiger partial charge in [-0.3, -0.25) is 14.5 Å². The molecular formula is C20H13IrN7S-2. The van der Waals surface area contributed by atoms with E-state index in [9.17, 15) is 0 Å². The SMILES string of the molecule is [Ir].[c-]1nscc1-c1ccncn1.c1ccc(-c2n[n-]c(-c3ccccn3)n2)cc1. The van der Waals surface area contributed by atoms with Crippen molar-refractivity contribution in [2.45, 2.75) is 0 Å². The molecule has 1 aromatic carbocycles. The van der Waals surface area contributed by atoms with Crippen LogP contribution in [0.5, 0.6) is 0 Å². The molecule has 0 aliphatic rings. The first-order valence-corrected chi connectivity index (χ1v) is 9.16. The van der Waals surface area contributed by atoms with Gasteiger partial charge in [0.05, 0.1) is 11.5 Å². The predicted octanol–water partition coefficient (Wildman–Crippen LogP) is 3.56. The molecule has 0 spiro atoms. The Morgan fingerprint density at radius 3 is 2.41 bits per heavy atom. The van der Waals surface area contributed by atoms with Crippen LogP contribution in [0.4, 0.5) is 0 Å². The van der Waals surface area contributed by atoms with Crippen LogP contribution in [0, 0.1) is 6.20 Å². The minimum absolute atomic E-state index is 0. The summed E-state index contributed by atoms with van der Waals surface area (Å²) in [5.41, 5.74) is 3.50. The Balaban J connectivity index is 0.000000174. The molecule has 145 valence electrons. The molecule has 0 atom stereocenters. The molecule has 1 radical (unpaired) electrons. The van der Waals surface area contributed by atoms with E-state index in [0.29, 0.717) is 11.6 Å². The van der Waals surface area contributed by atoms with Crippen LogP contribution < -0.4 is 5.10 Å². The van der Waals surface area contributed by atoms with E-state index in [2.05, 4.69) is 40.7 Å². The van der Waals surface area contributed by atoms with Gasteiger partial charge in [0.15, 0.2) is 0 Å². The van der Waals surface area contributed by atoms with Crippen LogP contribution in [-0.2, 0) is 20.1 Å². The Morgan fingerprint density at radius 1 is 0.862 bits per heavy atom. The van der Waals surface area contributed by atoms with Crippen molar-refractivity contribution in [3.63, 3.8) is 0 Å². The molecule has 0 N–H and O–H groups in total. The Kier molecular flexibility index (Phi) is 7.40. The van der Waals surface area contributed by atoms with Gasteiger partial charge in [0, 0.05) is 32.5 Å². The van der Waals surface area contributed by atoms with Crippen molar-refractivity contribution in [1.82, 2.24) is 34.5 Å². The molecule has 5 aromatic rings. The van der Waals surface area contributed by atoms with E-state index in [1.807, 2.05) is 60.0 Å². The zero-order valence-corrected chi connectivity index (χ0v) is 18.1. The number of rotatable bonds is 3. The van der Waals surface area contributed by atoms with E-state index >= 15 is 0 Å². The Hall–Kier alpha value is -3.13. The molecule has 0 aliphatic carbocycles. The maximum Gasteiger partial charge on any atom is 0.102 e. The molecule has 4 heterocycles. The first kappa shape index (κ1) is 20.6. The number of benzene rings is 1. The fraction of sp³-hybridized carbons (Fsp3) is 0. The maximum absolute atomic E-state index is 4.37. The van der Waals surface area contributed by atoms with Gasteiger partial charge >= 0.3 is 0 Å². The fourth-order valence-corrected chi connectivity index (χ4v) is 2.78. The number of hydrogen-bond acceptors (Lipinski definition) is 7. The summed E-state index contributed by atoms with van der Waals surface area (Å²) in [7, 11) is 0. The molecule has 9 heteroatoms. The van der Waals surface area contributed by atoms with Crippen molar-refractivity contribution in [3.8, 4) is 34.2 Å². The molecule has 7 nitrogen and oxygen atoms in total. The van der Waals surface area contributed by atoms with Crippen LogP contribution in [0.1, 0.15) is 0 Å². The van der Waals surface area contributed by atoms with Gasteiger partial charge in [-0.25, -0.2) is 4.98 Å². The average Bonchev–Trinajstić information content (AvgIpc) is 3.49. The van der Waals surface area contributed by atoms with Crippen LogP contribution in [0.3, 0.4) is 0 Å². The summed E-state index contributed by atoms with van der Waals surface area (Å²) >= 11 is 1.37. The van der Waals surface area contributed by atoms with Gasteiger partial charge in [0.1, 0.15) is 6.33 Å². The van der Waals surface area contributed by atoms with Gasteiger partial charge in [-0.05, 0) is 29.2 Å². The molecular weight excluding hydrogens is 563 g/mol. The van der Waals surface area contributed by atoms with E-state index in [4.69, 9.17) is 0 Å². The van der Waals surface area contributed by atoms with E-state index in [0.717, 1.165) is 22.5 Å². The van der Waals surface area contributed by atoms with Crippen molar-refractivity contribution >= 4 is 11.5 Å². The topological polar surface area (TPSA) is 91.4 Å². The molecule has 4 aromatic heterocycles. The standard InChI is InChI=1S/C13H9N4.C7H4N3S.Ir/c1-2-6-10(7-3-1)12-15-13(17-16-12)11-8-4-5-9-14-11;1-2-8-5-9-7(1)6-3-10-11-4-6;/h1-9H;1-2,4-5H;/q2*-1;. The predicted molar refractivity (Wildman–Crippen MR) is 106 cm³/mol. The number of pyridine rings is 1. The summed E-state index contributed by atoms with van der Waals surface area (Å²) in [6.45, 7) is 0. The van der Waals surface area contributed by atoms with Gasteiger partial charge in [-0.2, -0.15) is 0 Å². The van der Waals surface area contributed by atoms with Crippen molar-refractivity contribution in [2.75, 3.05) is 0 Å². The Labute approximate surface area is 184 Å². The third kappa shape index (κ3) is 5.45. The number of nitrogens with zero attached hydrogens (tertiary/aromatic N) is 7. The van der Waals surface area contributed by atoms with Gasteiger partial charge in [0.25, 0.3) is 0 Å². The van der Waals surface area contributed by atoms with Gasteiger partial charge in [0.2, 0.25) is 0 Å². The summed E-state index contributed by atoms with van der Waals surface area (Å²) < 4.78 is 3.85. The van der Waals surface area contributed by atoms with E-state index in [1.54, 1.807) is 12.4 Å². The van der Waals surface area contributed by atoms with E-state index < -0.39 is 0 Å². The van der Waals surface area contributed by atoms with Gasteiger partial charge in [-0.15, -0.1) is 17.1 Å². The van der Waals surface area contributed by atoms with Gasteiger partial charge < -0.3 is 15.1 Å².